The second-order valence-electron chi connectivity index (χ2n) is 4.83. The predicted molar refractivity (Wildman–Crippen MR) is 100.0 cm³/mol. The van der Waals surface area contributed by atoms with Crippen LogP contribution < -0.4 is 0 Å². The van der Waals surface area contributed by atoms with Crippen LogP contribution >= 0.6 is 11.3 Å². The fourth-order valence-corrected chi connectivity index (χ4v) is 2.43. The van der Waals surface area contributed by atoms with E-state index in [1.54, 1.807) is 23.0 Å². The Kier molecular flexibility index (Phi) is 5.64. The standard InChI is InChI=1S/C9H7N.C7H6N2.C3H3NS/c1-2-6-9-8(4-1)5-3-7-10-9;1-2-4-7-6(3-1)5-8-9-7;1-2-5-3-4-1/h1-7H;1-5H,(H,8,9);1-3H. The number of aromatic amines is 1. The van der Waals surface area contributed by atoms with E-state index in [-0.39, 0.29) is 0 Å². The zero-order valence-electron chi connectivity index (χ0n) is 12.9. The van der Waals surface area contributed by atoms with Gasteiger partial charge in [0.05, 0.1) is 22.7 Å². The van der Waals surface area contributed by atoms with Crippen molar-refractivity contribution < 1.29 is 0 Å². The number of para-hydroxylation sites is 2. The van der Waals surface area contributed by atoms with Crippen LogP contribution in [0.25, 0.3) is 21.8 Å². The molecule has 0 bridgehead atoms. The molecule has 3 heterocycles. The van der Waals surface area contributed by atoms with Crippen LogP contribution in [0.5, 0.6) is 0 Å². The molecule has 0 spiro atoms. The molecule has 2 aromatic carbocycles. The maximum Gasteiger partial charge on any atom is 0.0791 e. The Balaban J connectivity index is 0.000000112. The van der Waals surface area contributed by atoms with E-state index in [1.807, 2.05) is 66.3 Å². The van der Waals surface area contributed by atoms with Gasteiger partial charge in [0.25, 0.3) is 0 Å². The van der Waals surface area contributed by atoms with Crippen LogP contribution in [0, 0.1) is 0 Å². The molecule has 0 saturated carbocycles. The monoisotopic (exact) mass is 332 g/mol. The number of hydrogen-bond acceptors (Lipinski definition) is 4. The summed E-state index contributed by atoms with van der Waals surface area (Å²) in [5.74, 6) is 0. The first kappa shape index (κ1) is 15.8. The molecule has 0 unspecified atom stereocenters. The van der Waals surface area contributed by atoms with Gasteiger partial charge in [-0.25, -0.2) is 0 Å². The molecule has 24 heavy (non-hydrogen) atoms. The van der Waals surface area contributed by atoms with Crippen LogP contribution in [0.1, 0.15) is 0 Å². The number of rotatable bonds is 0. The molecule has 0 radical (unpaired) electrons. The molecule has 5 aromatic rings. The molecule has 118 valence electrons. The van der Waals surface area contributed by atoms with Crippen molar-refractivity contribution in [2.75, 3.05) is 0 Å². The topological polar surface area (TPSA) is 54.5 Å². The van der Waals surface area contributed by atoms with E-state index in [4.69, 9.17) is 0 Å². The van der Waals surface area contributed by atoms with E-state index < -0.39 is 0 Å². The molecule has 0 fully saturated rings. The quantitative estimate of drug-likeness (QED) is 0.437. The third-order valence-corrected chi connectivity index (χ3v) is 3.73. The third-order valence-electron chi connectivity index (χ3n) is 3.21. The first-order valence-corrected chi connectivity index (χ1v) is 8.38. The van der Waals surface area contributed by atoms with Gasteiger partial charge >= 0.3 is 0 Å². The van der Waals surface area contributed by atoms with Crippen LogP contribution in [0.4, 0.5) is 0 Å². The van der Waals surface area contributed by atoms with Crippen molar-refractivity contribution in [2.24, 2.45) is 0 Å². The lowest BCUT2D eigenvalue weighted by atomic mass is 10.2. The average Bonchev–Trinajstić information content (AvgIpc) is 3.37. The molecular formula is C19H16N4S. The highest BCUT2D eigenvalue weighted by Crippen LogP contribution is 2.08. The number of thiazole rings is 1. The number of aromatic nitrogens is 4. The first-order valence-electron chi connectivity index (χ1n) is 7.43. The van der Waals surface area contributed by atoms with Crippen LogP contribution in [0.15, 0.2) is 90.1 Å². The lowest BCUT2D eigenvalue weighted by Gasteiger charge is -1.91. The normalized spacial score (nSPS) is 9.67. The average molecular weight is 332 g/mol. The highest BCUT2D eigenvalue weighted by atomic mass is 32.1. The first-order chi connectivity index (χ1) is 11.9. The van der Waals surface area contributed by atoms with Crippen molar-refractivity contribution in [3.63, 3.8) is 0 Å². The van der Waals surface area contributed by atoms with Crippen molar-refractivity contribution in [3.8, 4) is 0 Å². The van der Waals surface area contributed by atoms with Crippen molar-refractivity contribution in [1.29, 1.82) is 0 Å². The second kappa shape index (κ2) is 8.55. The Bertz CT molecular complexity index is 864. The molecule has 0 aliphatic rings. The molecule has 0 aliphatic heterocycles. The molecule has 0 aliphatic carbocycles. The third kappa shape index (κ3) is 4.47. The predicted octanol–water partition coefficient (Wildman–Crippen LogP) is 4.94. The summed E-state index contributed by atoms with van der Waals surface area (Å²) in [5.41, 5.74) is 3.95. The number of H-pyrrole nitrogens is 1. The van der Waals surface area contributed by atoms with Crippen LogP contribution in [0.3, 0.4) is 0 Å². The minimum absolute atomic E-state index is 1.06. The molecule has 0 amide bonds. The fourth-order valence-electron chi connectivity index (χ4n) is 2.07. The minimum atomic E-state index is 1.06. The maximum absolute atomic E-state index is 4.18. The summed E-state index contributed by atoms with van der Waals surface area (Å²) in [7, 11) is 0. The number of nitrogens with zero attached hydrogens (tertiary/aromatic N) is 3. The zero-order chi connectivity index (χ0) is 16.5. The molecule has 0 atom stereocenters. The smallest absolute Gasteiger partial charge is 0.0791 e. The van der Waals surface area contributed by atoms with Gasteiger partial charge in [0.1, 0.15) is 0 Å². The lowest BCUT2D eigenvalue weighted by Crippen LogP contribution is -1.73. The van der Waals surface area contributed by atoms with Gasteiger partial charge in [-0.3, -0.25) is 15.1 Å². The Labute approximate surface area is 143 Å². The summed E-state index contributed by atoms with van der Waals surface area (Å²) in [6.07, 6.45) is 5.39. The summed E-state index contributed by atoms with van der Waals surface area (Å²) in [6.45, 7) is 0. The van der Waals surface area contributed by atoms with Gasteiger partial charge in [0.15, 0.2) is 0 Å². The van der Waals surface area contributed by atoms with Crippen molar-refractivity contribution in [1.82, 2.24) is 20.2 Å². The van der Waals surface area contributed by atoms with Gasteiger partial charge in [-0.2, -0.15) is 5.10 Å². The molecular weight excluding hydrogens is 316 g/mol. The van der Waals surface area contributed by atoms with Crippen LogP contribution in [-0.2, 0) is 0 Å². The van der Waals surface area contributed by atoms with Gasteiger partial charge < -0.3 is 0 Å². The minimum Gasteiger partial charge on any atom is -0.278 e. The largest absolute Gasteiger partial charge is 0.278 e. The van der Waals surface area contributed by atoms with Crippen molar-refractivity contribution in [3.05, 3.63) is 90.1 Å². The SMILES string of the molecule is c1ccc2[nH]ncc2c1.c1ccc2ncccc2c1.c1cscn1. The summed E-state index contributed by atoms with van der Waals surface area (Å²) in [5, 5.41) is 11.0. The molecule has 0 saturated heterocycles. The Morgan fingerprint density at radius 2 is 1.58 bits per heavy atom. The fraction of sp³-hybridized carbons (Fsp3) is 0. The van der Waals surface area contributed by atoms with E-state index in [9.17, 15) is 0 Å². The second-order valence-corrected chi connectivity index (χ2v) is 5.58. The van der Waals surface area contributed by atoms with E-state index in [1.165, 1.54) is 5.39 Å². The van der Waals surface area contributed by atoms with Gasteiger partial charge in [-0.1, -0.05) is 42.5 Å². The van der Waals surface area contributed by atoms with Gasteiger partial charge in [0.2, 0.25) is 0 Å². The lowest BCUT2D eigenvalue weighted by molar-refractivity contribution is 1.12. The number of pyridine rings is 1. The molecule has 4 nitrogen and oxygen atoms in total. The summed E-state index contributed by atoms with van der Waals surface area (Å²) in [4.78, 5) is 7.92. The van der Waals surface area contributed by atoms with Gasteiger partial charge in [-0.15, -0.1) is 11.3 Å². The maximum atomic E-state index is 4.18. The van der Waals surface area contributed by atoms with Crippen LogP contribution in [-0.4, -0.2) is 20.2 Å². The number of benzene rings is 2. The Morgan fingerprint density at radius 3 is 2.29 bits per heavy atom. The highest BCUT2D eigenvalue weighted by molar-refractivity contribution is 7.07. The van der Waals surface area contributed by atoms with Crippen molar-refractivity contribution in [2.45, 2.75) is 0 Å². The number of fused-ring (bicyclic) bond motifs is 2. The highest BCUT2D eigenvalue weighted by Gasteiger charge is 1.88. The molecule has 3 aromatic heterocycles. The van der Waals surface area contributed by atoms with E-state index in [0.29, 0.717) is 0 Å². The van der Waals surface area contributed by atoms with E-state index in [0.717, 1.165) is 16.4 Å². The molecule has 5 rings (SSSR count). The Morgan fingerprint density at radius 1 is 0.792 bits per heavy atom. The summed E-state index contributed by atoms with van der Waals surface area (Å²) < 4.78 is 0. The van der Waals surface area contributed by atoms with Crippen LogP contribution in [0.2, 0.25) is 0 Å². The Hall–Kier alpha value is -3.05. The van der Waals surface area contributed by atoms with Crippen molar-refractivity contribution >= 4 is 33.1 Å². The molecule has 5 heteroatoms. The zero-order valence-corrected chi connectivity index (χ0v) is 13.7. The van der Waals surface area contributed by atoms with E-state index >= 15 is 0 Å². The number of nitrogens with one attached hydrogen (secondary N) is 1. The summed E-state index contributed by atoms with van der Waals surface area (Å²) in [6, 6.07) is 20.1. The van der Waals surface area contributed by atoms with Gasteiger partial charge in [-0.05, 0) is 18.2 Å². The number of hydrogen-bond donors (Lipinski definition) is 1. The van der Waals surface area contributed by atoms with Gasteiger partial charge in [0, 0.05) is 28.5 Å². The summed E-state index contributed by atoms with van der Waals surface area (Å²) >= 11 is 1.60. The molecule has 1 N–H and O–H groups in total. The van der Waals surface area contributed by atoms with E-state index in [2.05, 4.69) is 32.3 Å².